The Kier molecular flexibility index (Phi) is 3.59. The van der Waals surface area contributed by atoms with E-state index in [-0.39, 0.29) is 10.6 Å². The molecule has 1 nitrogen and oxygen atoms in total. The molecule has 18 heavy (non-hydrogen) atoms. The SMILES string of the molecule is OC(c1cccc(F)c1Cl)c1c(F)cccc1F. The zero-order valence-corrected chi connectivity index (χ0v) is 9.76. The summed E-state index contributed by atoms with van der Waals surface area (Å²) in [6.45, 7) is 0. The van der Waals surface area contributed by atoms with Gasteiger partial charge in [0, 0.05) is 5.56 Å². The summed E-state index contributed by atoms with van der Waals surface area (Å²) < 4.78 is 40.2. The molecule has 0 aliphatic heterocycles. The van der Waals surface area contributed by atoms with E-state index in [2.05, 4.69) is 0 Å². The highest BCUT2D eigenvalue weighted by Crippen LogP contribution is 2.32. The van der Waals surface area contributed by atoms with Gasteiger partial charge in [-0.1, -0.05) is 29.8 Å². The maximum atomic E-state index is 13.5. The number of halogens is 4. The van der Waals surface area contributed by atoms with Gasteiger partial charge in [0.15, 0.2) is 0 Å². The van der Waals surface area contributed by atoms with Crippen molar-refractivity contribution in [1.82, 2.24) is 0 Å². The van der Waals surface area contributed by atoms with E-state index in [1.165, 1.54) is 18.2 Å². The molecule has 0 bridgehead atoms. The minimum absolute atomic E-state index is 0.0827. The Morgan fingerprint density at radius 3 is 2.00 bits per heavy atom. The van der Waals surface area contributed by atoms with Crippen molar-refractivity contribution in [2.45, 2.75) is 6.10 Å². The zero-order chi connectivity index (χ0) is 13.3. The first kappa shape index (κ1) is 12.9. The van der Waals surface area contributed by atoms with Crippen LogP contribution in [0, 0.1) is 17.5 Å². The average molecular weight is 273 g/mol. The minimum atomic E-state index is -1.66. The van der Waals surface area contributed by atoms with Crippen molar-refractivity contribution in [1.29, 1.82) is 0 Å². The van der Waals surface area contributed by atoms with Crippen molar-refractivity contribution in [3.63, 3.8) is 0 Å². The van der Waals surface area contributed by atoms with Gasteiger partial charge in [-0.3, -0.25) is 0 Å². The summed E-state index contributed by atoms with van der Waals surface area (Å²) in [5.74, 6) is -2.59. The second-order valence-corrected chi connectivity index (χ2v) is 4.06. The van der Waals surface area contributed by atoms with Gasteiger partial charge in [0.05, 0.1) is 10.6 Å². The maximum Gasteiger partial charge on any atom is 0.142 e. The van der Waals surface area contributed by atoms with Gasteiger partial charge < -0.3 is 5.11 Å². The van der Waals surface area contributed by atoms with E-state index < -0.39 is 29.1 Å². The van der Waals surface area contributed by atoms with Crippen LogP contribution in [0.3, 0.4) is 0 Å². The van der Waals surface area contributed by atoms with Crippen LogP contribution in [0.25, 0.3) is 0 Å². The first-order chi connectivity index (χ1) is 8.52. The number of aliphatic hydroxyl groups excluding tert-OH is 1. The van der Waals surface area contributed by atoms with Gasteiger partial charge in [-0.25, -0.2) is 13.2 Å². The van der Waals surface area contributed by atoms with Crippen molar-refractivity contribution in [3.8, 4) is 0 Å². The lowest BCUT2D eigenvalue weighted by Crippen LogP contribution is -2.06. The number of rotatable bonds is 2. The van der Waals surface area contributed by atoms with E-state index in [1.54, 1.807) is 0 Å². The molecule has 0 saturated heterocycles. The van der Waals surface area contributed by atoms with Gasteiger partial charge in [0.2, 0.25) is 0 Å². The summed E-state index contributed by atoms with van der Waals surface area (Å²) in [6.07, 6.45) is -1.66. The third-order valence-electron chi connectivity index (χ3n) is 2.55. The molecule has 1 unspecified atom stereocenters. The number of benzene rings is 2. The van der Waals surface area contributed by atoms with E-state index in [9.17, 15) is 18.3 Å². The maximum absolute atomic E-state index is 13.5. The summed E-state index contributed by atoms with van der Waals surface area (Å²) in [4.78, 5) is 0. The Balaban J connectivity index is 2.55. The van der Waals surface area contributed by atoms with Crippen LogP contribution < -0.4 is 0 Å². The van der Waals surface area contributed by atoms with Crippen molar-refractivity contribution in [3.05, 3.63) is 70.0 Å². The molecule has 0 aliphatic rings. The monoisotopic (exact) mass is 272 g/mol. The standard InChI is InChI=1S/C13H8ClF3O/c14-12-7(3-1-6-10(12)17)13(18)11-8(15)4-2-5-9(11)16/h1-6,13,18H. The molecule has 0 saturated carbocycles. The lowest BCUT2D eigenvalue weighted by atomic mass is 10.0. The first-order valence-corrected chi connectivity index (χ1v) is 5.46. The number of hydrogen-bond donors (Lipinski definition) is 1. The lowest BCUT2D eigenvalue weighted by molar-refractivity contribution is 0.208. The third kappa shape index (κ3) is 2.21. The van der Waals surface area contributed by atoms with Crippen LogP contribution in [0.2, 0.25) is 5.02 Å². The van der Waals surface area contributed by atoms with E-state index in [0.29, 0.717) is 0 Å². The van der Waals surface area contributed by atoms with Crippen LogP contribution >= 0.6 is 11.6 Å². The van der Waals surface area contributed by atoms with E-state index in [1.807, 2.05) is 0 Å². The number of hydrogen-bond acceptors (Lipinski definition) is 1. The van der Waals surface area contributed by atoms with Crippen LogP contribution in [-0.2, 0) is 0 Å². The van der Waals surface area contributed by atoms with E-state index in [0.717, 1.165) is 18.2 Å². The zero-order valence-electron chi connectivity index (χ0n) is 9.00. The molecular formula is C13H8ClF3O. The average Bonchev–Trinajstić information content (AvgIpc) is 2.32. The van der Waals surface area contributed by atoms with Crippen molar-refractivity contribution in [2.24, 2.45) is 0 Å². The van der Waals surface area contributed by atoms with E-state index in [4.69, 9.17) is 11.6 Å². The Morgan fingerprint density at radius 2 is 1.39 bits per heavy atom. The molecule has 2 aromatic rings. The topological polar surface area (TPSA) is 20.2 Å². The molecule has 0 amide bonds. The fourth-order valence-corrected chi connectivity index (χ4v) is 1.89. The van der Waals surface area contributed by atoms with Gasteiger partial charge in [0.25, 0.3) is 0 Å². The highest BCUT2D eigenvalue weighted by Gasteiger charge is 2.22. The fourth-order valence-electron chi connectivity index (χ4n) is 1.66. The van der Waals surface area contributed by atoms with Crippen LogP contribution in [0.1, 0.15) is 17.2 Å². The van der Waals surface area contributed by atoms with Crippen LogP contribution in [-0.4, -0.2) is 5.11 Å². The van der Waals surface area contributed by atoms with Gasteiger partial charge in [-0.15, -0.1) is 0 Å². The Morgan fingerprint density at radius 1 is 0.889 bits per heavy atom. The van der Waals surface area contributed by atoms with Gasteiger partial charge >= 0.3 is 0 Å². The molecule has 1 N–H and O–H groups in total. The normalized spacial score (nSPS) is 12.5. The molecule has 0 radical (unpaired) electrons. The molecule has 0 spiro atoms. The van der Waals surface area contributed by atoms with Crippen LogP contribution in [0.4, 0.5) is 13.2 Å². The molecular weight excluding hydrogens is 265 g/mol. The van der Waals surface area contributed by atoms with E-state index >= 15 is 0 Å². The highest BCUT2D eigenvalue weighted by atomic mass is 35.5. The molecule has 0 fully saturated rings. The second kappa shape index (κ2) is 5.00. The fraction of sp³-hybridized carbons (Fsp3) is 0.0769. The molecule has 1 atom stereocenters. The highest BCUT2D eigenvalue weighted by molar-refractivity contribution is 6.31. The summed E-state index contributed by atoms with van der Waals surface area (Å²) in [5.41, 5.74) is -0.634. The second-order valence-electron chi connectivity index (χ2n) is 3.68. The Hall–Kier alpha value is -1.52. The van der Waals surface area contributed by atoms with Crippen molar-refractivity contribution >= 4 is 11.6 Å². The van der Waals surface area contributed by atoms with Crippen LogP contribution in [0.5, 0.6) is 0 Å². The third-order valence-corrected chi connectivity index (χ3v) is 2.95. The molecule has 0 aromatic heterocycles. The summed E-state index contributed by atoms with van der Waals surface area (Å²) in [7, 11) is 0. The predicted molar refractivity (Wildman–Crippen MR) is 61.8 cm³/mol. The molecule has 2 rings (SSSR count). The molecule has 0 aliphatic carbocycles. The van der Waals surface area contributed by atoms with Gasteiger partial charge in [-0.2, -0.15) is 0 Å². The smallest absolute Gasteiger partial charge is 0.142 e. The van der Waals surface area contributed by atoms with Crippen molar-refractivity contribution < 1.29 is 18.3 Å². The van der Waals surface area contributed by atoms with Gasteiger partial charge in [-0.05, 0) is 18.2 Å². The first-order valence-electron chi connectivity index (χ1n) is 5.08. The predicted octanol–water partition coefficient (Wildman–Crippen LogP) is 3.84. The molecule has 94 valence electrons. The van der Waals surface area contributed by atoms with Crippen molar-refractivity contribution in [2.75, 3.05) is 0 Å². The Labute approximate surface area is 106 Å². The summed E-state index contributed by atoms with van der Waals surface area (Å²) in [6, 6.07) is 6.90. The minimum Gasteiger partial charge on any atom is -0.383 e. The molecule has 2 aromatic carbocycles. The van der Waals surface area contributed by atoms with Gasteiger partial charge in [0.1, 0.15) is 23.6 Å². The molecule has 5 heteroatoms. The van der Waals surface area contributed by atoms with Crippen LogP contribution in [0.15, 0.2) is 36.4 Å². The quantitative estimate of drug-likeness (QED) is 0.881. The largest absolute Gasteiger partial charge is 0.383 e. The Bertz CT molecular complexity index is 566. The summed E-state index contributed by atoms with van der Waals surface area (Å²) >= 11 is 5.66. The molecule has 0 heterocycles. The summed E-state index contributed by atoms with van der Waals surface area (Å²) in [5, 5.41) is 9.57. The lowest BCUT2D eigenvalue weighted by Gasteiger charge is -2.14. The number of aliphatic hydroxyl groups is 1.